The maximum Gasteiger partial charge on any atom is 0.149 e. The summed E-state index contributed by atoms with van der Waals surface area (Å²) in [5.41, 5.74) is 0.270. The molecular formula is C12H16BrF2NO. The summed E-state index contributed by atoms with van der Waals surface area (Å²) < 4.78 is 31.8. The summed E-state index contributed by atoms with van der Waals surface area (Å²) >= 11 is 3.01. The van der Waals surface area contributed by atoms with Crippen molar-refractivity contribution < 1.29 is 13.5 Å². The lowest BCUT2D eigenvalue weighted by atomic mass is 10.2. The van der Waals surface area contributed by atoms with Gasteiger partial charge in [0.2, 0.25) is 0 Å². The van der Waals surface area contributed by atoms with Gasteiger partial charge in [-0.25, -0.2) is 8.78 Å². The summed E-state index contributed by atoms with van der Waals surface area (Å²) in [6, 6.07) is 2.23. The van der Waals surface area contributed by atoms with Gasteiger partial charge in [0.15, 0.2) is 0 Å². The minimum atomic E-state index is -0.607. The first-order chi connectivity index (χ1) is 8.00. The van der Waals surface area contributed by atoms with Crippen LogP contribution in [0.3, 0.4) is 0 Å². The lowest BCUT2D eigenvalue weighted by Crippen LogP contribution is -2.13. The Kier molecular flexibility index (Phi) is 5.85. The molecule has 2 nitrogen and oxygen atoms in total. The van der Waals surface area contributed by atoms with Crippen molar-refractivity contribution in [3.8, 4) is 0 Å². The molecular weight excluding hydrogens is 292 g/mol. The Balaban J connectivity index is 2.39. The first-order valence-electron chi connectivity index (χ1n) is 5.47. The normalized spacial score (nSPS) is 10.9. The second-order valence-corrected chi connectivity index (χ2v) is 5.00. The number of nitrogens with one attached hydrogen (secondary N) is 1. The average molecular weight is 308 g/mol. The van der Waals surface area contributed by atoms with Crippen molar-refractivity contribution in [3.63, 3.8) is 0 Å². The van der Waals surface area contributed by atoms with Gasteiger partial charge in [-0.15, -0.1) is 0 Å². The van der Waals surface area contributed by atoms with E-state index >= 15 is 0 Å². The van der Waals surface area contributed by atoms with Crippen LogP contribution in [-0.4, -0.2) is 19.8 Å². The molecule has 0 heterocycles. The van der Waals surface area contributed by atoms with Crippen molar-refractivity contribution >= 4 is 21.6 Å². The van der Waals surface area contributed by atoms with Gasteiger partial charge in [0.05, 0.1) is 16.8 Å². The number of hydrogen-bond donors (Lipinski definition) is 1. The molecule has 5 heteroatoms. The summed E-state index contributed by atoms with van der Waals surface area (Å²) in [5.74, 6) is -0.731. The topological polar surface area (TPSA) is 21.3 Å². The van der Waals surface area contributed by atoms with Crippen molar-refractivity contribution in [2.45, 2.75) is 13.8 Å². The zero-order valence-corrected chi connectivity index (χ0v) is 11.5. The van der Waals surface area contributed by atoms with Crippen LogP contribution in [0.4, 0.5) is 14.5 Å². The highest BCUT2D eigenvalue weighted by Crippen LogP contribution is 2.23. The number of benzene rings is 1. The zero-order valence-electron chi connectivity index (χ0n) is 9.90. The molecule has 0 aromatic heterocycles. The van der Waals surface area contributed by atoms with Gasteiger partial charge < -0.3 is 10.1 Å². The number of halogens is 3. The maximum absolute atomic E-state index is 13.3. The standard InChI is InChI=1S/C12H16BrF2NO/c1-8(2)7-17-4-3-16-12-5-9(13)10(14)6-11(12)15/h5-6,8,16H,3-4,7H2,1-2H3. The molecule has 0 atom stereocenters. The van der Waals surface area contributed by atoms with Crippen molar-refractivity contribution in [2.24, 2.45) is 5.92 Å². The summed E-state index contributed by atoms with van der Waals surface area (Å²) in [7, 11) is 0. The molecule has 0 radical (unpaired) electrons. The average Bonchev–Trinajstić information content (AvgIpc) is 2.24. The van der Waals surface area contributed by atoms with Crippen molar-refractivity contribution in [1.29, 1.82) is 0 Å². The molecule has 0 spiro atoms. The third kappa shape index (κ3) is 5.00. The summed E-state index contributed by atoms with van der Waals surface area (Å²) in [4.78, 5) is 0. The van der Waals surface area contributed by atoms with Crippen LogP contribution in [0.25, 0.3) is 0 Å². The molecule has 1 rings (SSSR count). The van der Waals surface area contributed by atoms with Gasteiger partial charge in [0.1, 0.15) is 11.6 Å². The van der Waals surface area contributed by atoms with Crippen LogP contribution in [0.15, 0.2) is 16.6 Å². The van der Waals surface area contributed by atoms with E-state index in [1.807, 2.05) is 0 Å². The molecule has 0 aliphatic carbocycles. The molecule has 1 N–H and O–H groups in total. The first-order valence-corrected chi connectivity index (χ1v) is 6.26. The molecule has 0 aliphatic heterocycles. The van der Waals surface area contributed by atoms with Crippen LogP contribution in [0.1, 0.15) is 13.8 Å². The molecule has 0 saturated carbocycles. The van der Waals surface area contributed by atoms with Crippen molar-refractivity contribution in [3.05, 3.63) is 28.2 Å². The predicted molar refractivity (Wildman–Crippen MR) is 68.2 cm³/mol. The van der Waals surface area contributed by atoms with Crippen molar-refractivity contribution in [1.82, 2.24) is 0 Å². The first kappa shape index (κ1) is 14.4. The van der Waals surface area contributed by atoms with Gasteiger partial charge in [-0.1, -0.05) is 13.8 Å². The van der Waals surface area contributed by atoms with Gasteiger partial charge in [-0.05, 0) is 27.9 Å². The van der Waals surface area contributed by atoms with E-state index < -0.39 is 11.6 Å². The fourth-order valence-electron chi connectivity index (χ4n) is 1.23. The van der Waals surface area contributed by atoms with Crippen molar-refractivity contribution in [2.75, 3.05) is 25.1 Å². The van der Waals surface area contributed by atoms with E-state index in [2.05, 4.69) is 35.1 Å². The van der Waals surface area contributed by atoms with E-state index in [4.69, 9.17) is 4.74 Å². The highest BCUT2D eigenvalue weighted by atomic mass is 79.9. The SMILES string of the molecule is CC(C)COCCNc1cc(Br)c(F)cc1F. The number of anilines is 1. The monoisotopic (exact) mass is 307 g/mol. The maximum atomic E-state index is 13.3. The molecule has 0 unspecified atom stereocenters. The van der Waals surface area contributed by atoms with Gasteiger partial charge in [0.25, 0.3) is 0 Å². The third-order valence-electron chi connectivity index (χ3n) is 2.02. The van der Waals surface area contributed by atoms with Gasteiger partial charge >= 0.3 is 0 Å². The Morgan fingerprint density at radius 2 is 2.00 bits per heavy atom. The molecule has 96 valence electrons. The molecule has 0 fully saturated rings. The second-order valence-electron chi connectivity index (χ2n) is 4.14. The highest BCUT2D eigenvalue weighted by Gasteiger charge is 2.07. The highest BCUT2D eigenvalue weighted by molar-refractivity contribution is 9.10. The number of hydrogen-bond acceptors (Lipinski definition) is 2. The van der Waals surface area contributed by atoms with Gasteiger partial charge in [-0.2, -0.15) is 0 Å². The summed E-state index contributed by atoms with van der Waals surface area (Å²) in [6.45, 7) is 5.78. The Morgan fingerprint density at radius 3 is 2.65 bits per heavy atom. The van der Waals surface area contributed by atoms with Crippen LogP contribution in [0.5, 0.6) is 0 Å². The van der Waals surface area contributed by atoms with Crippen LogP contribution >= 0.6 is 15.9 Å². The smallest absolute Gasteiger partial charge is 0.149 e. The second kappa shape index (κ2) is 6.91. The van der Waals surface area contributed by atoms with E-state index in [1.165, 1.54) is 6.07 Å². The fourth-order valence-corrected chi connectivity index (χ4v) is 1.58. The number of rotatable bonds is 6. The molecule has 0 amide bonds. The third-order valence-corrected chi connectivity index (χ3v) is 2.63. The molecule has 0 bridgehead atoms. The minimum Gasteiger partial charge on any atom is -0.380 e. The lowest BCUT2D eigenvalue weighted by Gasteiger charge is -2.10. The van der Waals surface area contributed by atoms with E-state index in [0.717, 1.165) is 6.07 Å². The molecule has 1 aromatic rings. The van der Waals surface area contributed by atoms with Crippen LogP contribution in [-0.2, 0) is 4.74 Å². The van der Waals surface area contributed by atoms with Gasteiger partial charge in [-0.3, -0.25) is 0 Å². The van der Waals surface area contributed by atoms with Gasteiger partial charge in [0, 0.05) is 19.2 Å². The largest absolute Gasteiger partial charge is 0.380 e. The molecule has 17 heavy (non-hydrogen) atoms. The Hall–Kier alpha value is -0.680. The van der Waals surface area contributed by atoms with E-state index in [-0.39, 0.29) is 10.2 Å². The zero-order chi connectivity index (χ0) is 12.8. The van der Waals surface area contributed by atoms with Crippen LogP contribution in [0.2, 0.25) is 0 Å². The molecule has 1 aromatic carbocycles. The molecule has 0 saturated heterocycles. The quantitative estimate of drug-likeness (QED) is 0.637. The van der Waals surface area contributed by atoms with E-state index in [9.17, 15) is 8.78 Å². The minimum absolute atomic E-state index is 0.240. The fraction of sp³-hybridized carbons (Fsp3) is 0.500. The van der Waals surface area contributed by atoms with E-state index in [0.29, 0.717) is 25.7 Å². The molecule has 0 aliphatic rings. The Morgan fingerprint density at radius 1 is 1.29 bits per heavy atom. The van der Waals surface area contributed by atoms with Crippen LogP contribution in [0, 0.1) is 17.6 Å². The Labute approximate surface area is 108 Å². The summed E-state index contributed by atoms with van der Waals surface area (Å²) in [5, 5.41) is 2.86. The number of ether oxygens (including phenoxy) is 1. The van der Waals surface area contributed by atoms with Crippen LogP contribution < -0.4 is 5.32 Å². The lowest BCUT2D eigenvalue weighted by molar-refractivity contribution is 0.118. The summed E-state index contributed by atoms with van der Waals surface area (Å²) in [6.07, 6.45) is 0. The van der Waals surface area contributed by atoms with E-state index in [1.54, 1.807) is 0 Å². The Bertz CT molecular complexity index is 372. The predicted octanol–water partition coefficient (Wildman–Crippen LogP) is 3.81.